The molecule has 1 aliphatic rings. The summed E-state index contributed by atoms with van der Waals surface area (Å²) >= 11 is 5.65. The molecule has 3 rings (SSSR count). The molecule has 4 heteroatoms. The van der Waals surface area contributed by atoms with Crippen molar-refractivity contribution < 1.29 is 4.39 Å². The molecule has 1 heterocycles. The van der Waals surface area contributed by atoms with Crippen molar-refractivity contribution in [1.82, 2.24) is 0 Å². The summed E-state index contributed by atoms with van der Waals surface area (Å²) in [5.74, 6) is -0.188. The lowest BCUT2D eigenvalue weighted by Crippen LogP contribution is -2.44. The third kappa shape index (κ3) is 3.37. The fourth-order valence-corrected chi connectivity index (χ4v) is 3.66. The summed E-state index contributed by atoms with van der Waals surface area (Å²) in [4.78, 5) is 2.10. The zero-order valence-corrected chi connectivity index (χ0v) is 14.5. The molecule has 0 aromatic heterocycles. The van der Waals surface area contributed by atoms with E-state index in [-0.39, 0.29) is 5.82 Å². The van der Waals surface area contributed by atoms with Gasteiger partial charge in [0.05, 0.1) is 0 Å². The monoisotopic (exact) mass is 328 g/mol. The first-order chi connectivity index (χ1) is 10.9. The molecule has 0 saturated heterocycles. The number of hydrogen-bond donors (Lipinski definition) is 1. The molecule has 0 unspecified atom stereocenters. The number of anilines is 2. The van der Waals surface area contributed by atoms with Crippen molar-refractivity contribution >= 4 is 28.7 Å². The van der Waals surface area contributed by atoms with Gasteiger partial charge in [0.25, 0.3) is 0 Å². The first kappa shape index (κ1) is 15.9. The Morgan fingerprint density at radius 2 is 1.87 bits per heavy atom. The van der Waals surface area contributed by atoms with E-state index in [1.165, 1.54) is 17.2 Å². The lowest BCUT2D eigenvalue weighted by molar-refractivity contribution is 0.604. The number of nitrogens with zero attached hydrogens (tertiary/aromatic N) is 1. The molecule has 120 valence electrons. The standard InChI is InChI=1S/C19H21FN2S/c1-12-8-13(2)10-17(9-12)21-19(23)22-14(3)4-5-15-11-16(20)6-7-18(15)22/h6-11,14H,4-5H2,1-3H3,(H,21,23)/t14-/m0/s1. The van der Waals surface area contributed by atoms with E-state index in [2.05, 4.69) is 49.2 Å². The molecule has 0 fully saturated rings. The van der Waals surface area contributed by atoms with Gasteiger partial charge in [-0.1, -0.05) is 6.07 Å². The van der Waals surface area contributed by atoms with Crippen molar-refractivity contribution in [2.24, 2.45) is 0 Å². The lowest BCUT2D eigenvalue weighted by atomic mass is 9.97. The van der Waals surface area contributed by atoms with Crippen LogP contribution in [0.25, 0.3) is 0 Å². The van der Waals surface area contributed by atoms with Gasteiger partial charge in [0.1, 0.15) is 5.82 Å². The number of fused-ring (bicyclic) bond motifs is 1. The van der Waals surface area contributed by atoms with E-state index < -0.39 is 0 Å². The molecule has 23 heavy (non-hydrogen) atoms. The van der Waals surface area contributed by atoms with Crippen LogP contribution >= 0.6 is 12.2 Å². The third-order valence-corrected chi connectivity index (χ3v) is 4.56. The summed E-state index contributed by atoms with van der Waals surface area (Å²) in [6.07, 6.45) is 1.85. The van der Waals surface area contributed by atoms with Crippen molar-refractivity contribution in [3.63, 3.8) is 0 Å². The second-order valence-corrected chi connectivity index (χ2v) is 6.72. The van der Waals surface area contributed by atoms with Crippen LogP contribution in [0, 0.1) is 19.7 Å². The Morgan fingerprint density at radius 1 is 1.17 bits per heavy atom. The van der Waals surface area contributed by atoms with Gasteiger partial charge in [0, 0.05) is 17.4 Å². The van der Waals surface area contributed by atoms with E-state index in [9.17, 15) is 4.39 Å². The second-order valence-electron chi connectivity index (χ2n) is 6.34. The first-order valence-electron chi connectivity index (χ1n) is 7.91. The molecule has 1 atom stereocenters. The Balaban J connectivity index is 1.90. The quantitative estimate of drug-likeness (QED) is 0.743. The second kappa shape index (κ2) is 6.28. The van der Waals surface area contributed by atoms with Crippen LogP contribution < -0.4 is 10.2 Å². The fraction of sp³-hybridized carbons (Fsp3) is 0.316. The van der Waals surface area contributed by atoms with Gasteiger partial charge in [-0.25, -0.2) is 4.39 Å². The molecule has 0 saturated carbocycles. The summed E-state index contributed by atoms with van der Waals surface area (Å²) in [6.45, 7) is 6.30. The van der Waals surface area contributed by atoms with Crippen molar-refractivity contribution in [2.45, 2.75) is 39.7 Å². The van der Waals surface area contributed by atoms with Crippen LogP contribution in [-0.2, 0) is 6.42 Å². The molecular formula is C19H21FN2S. The third-order valence-electron chi connectivity index (χ3n) is 4.27. The van der Waals surface area contributed by atoms with E-state index in [1.807, 2.05) is 6.07 Å². The molecular weight excluding hydrogens is 307 g/mol. The van der Waals surface area contributed by atoms with Crippen LogP contribution in [0.4, 0.5) is 15.8 Å². The summed E-state index contributed by atoms with van der Waals surface area (Å²) in [6, 6.07) is 11.5. The number of thiocarbonyl (C=S) groups is 1. The van der Waals surface area contributed by atoms with E-state index in [0.29, 0.717) is 11.2 Å². The van der Waals surface area contributed by atoms with Gasteiger partial charge in [-0.15, -0.1) is 0 Å². The fourth-order valence-electron chi connectivity index (χ4n) is 3.26. The topological polar surface area (TPSA) is 15.3 Å². The van der Waals surface area contributed by atoms with Gasteiger partial charge in [0.15, 0.2) is 5.11 Å². The average molecular weight is 328 g/mol. The number of nitrogens with one attached hydrogen (secondary N) is 1. The van der Waals surface area contributed by atoms with Crippen molar-refractivity contribution in [3.8, 4) is 0 Å². The molecule has 1 aliphatic heterocycles. The van der Waals surface area contributed by atoms with Crippen LogP contribution in [-0.4, -0.2) is 11.2 Å². The largest absolute Gasteiger partial charge is 0.332 e. The van der Waals surface area contributed by atoms with E-state index >= 15 is 0 Å². The highest BCUT2D eigenvalue weighted by molar-refractivity contribution is 7.80. The SMILES string of the molecule is Cc1cc(C)cc(NC(=S)N2c3ccc(F)cc3CC[C@@H]2C)c1. The zero-order valence-electron chi connectivity index (χ0n) is 13.7. The first-order valence-corrected chi connectivity index (χ1v) is 8.32. The van der Waals surface area contributed by atoms with Gasteiger partial charge in [-0.2, -0.15) is 0 Å². The van der Waals surface area contributed by atoms with Crippen LogP contribution in [0.3, 0.4) is 0 Å². The Kier molecular flexibility index (Phi) is 4.35. The minimum atomic E-state index is -0.188. The molecule has 2 nitrogen and oxygen atoms in total. The maximum atomic E-state index is 13.5. The highest BCUT2D eigenvalue weighted by atomic mass is 32.1. The number of hydrogen-bond acceptors (Lipinski definition) is 1. The maximum absolute atomic E-state index is 13.5. The Labute approximate surface area is 142 Å². The van der Waals surface area contributed by atoms with Gasteiger partial charge in [-0.3, -0.25) is 0 Å². The highest BCUT2D eigenvalue weighted by Gasteiger charge is 2.26. The Bertz CT molecular complexity index is 737. The highest BCUT2D eigenvalue weighted by Crippen LogP contribution is 2.32. The molecule has 2 aromatic carbocycles. The molecule has 1 N–H and O–H groups in total. The number of benzene rings is 2. The van der Waals surface area contributed by atoms with Crippen LogP contribution in [0.15, 0.2) is 36.4 Å². The van der Waals surface area contributed by atoms with Gasteiger partial charge in [-0.05, 0) is 92.9 Å². The molecule has 0 bridgehead atoms. The molecule has 0 spiro atoms. The van der Waals surface area contributed by atoms with Crippen molar-refractivity contribution in [2.75, 3.05) is 10.2 Å². The van der Waals surface area contributed by atoms with Crippen molar-refractivity contribution in [1.29, 1.82) is 0 Å². The predicted molar refractivity (Wildman–Crippen MR) is 98.8 cm³/mol. The molecule has 0 radical (unpaired) electrons. The minimum absolute atomic E-state index is 0.188. The van der Waals surface area contributed by atoms with E-state index in [0.717, 1.165) is 29.8 Å². The maximum Gasteiger partial charge on any atom is 0.178 e. The Morgan fingerprint density at radius 3 is 2.57 bits per heavy atom. The molecule has 2 aromatic rings. The van der Waals surface area contributed by atoms with E-state index in [4.69, 9.17) is 12.2 Å². The predicted octanol–water partition coefficient (Wildman–Crippen LogP) is 4.98. The molecule has 0 amide bonds. The van der Waals surface area contributed by atoms with Crippen molar-refractivity contribution in [3.05, 3.63) is 58.9 Å². The number of rotatable bonds is 1. The number of halogens is 1. The van der Waals surface area contributed by atoms with Gasteiger partial charge >= 0.3 is 0 Å². The summed E-state index contributed by atoms with van der Waals surface area (Å²) in [5.41, 5.74) is 5.42. The van der Waals surface area contributed by atoms with E-state index in [1.54, 1.807) is 6.07 Å². The van der Waals surface area contributed by atoms with Gasteiger partial charge < -0.3 is 10.2 Å². The summed E-state index contributed by atoms with van der Waals surface area (Å²) in [7, 11) is 0. The minimum Gasteiger partial charge on any atom is -0.332 e. The number of aryl methyl sites for hydroxylation is 3. The lowest BCUT2D eigenvalue weighted by Gasteiger charge is -2.37. The Hall–Kier alpha value is -1.94. The molecule has 0 aliphatic carbocycles. The summed E-state index contributed by atoms with van der Waals surface area (Å²) < 4.78 is 13.5. The smallest absolute Gasteiger partial charge is 0.178 e. The normalized spacial score (nSPS) is 16.9. The van der Waals surface area contributed by atoms with Crippen LogP contribution in [0.5, 0.6) is 0 Å². The average Bonchev–Trinajstić information content (AvgIpc) is 2.46. The van der Waals surface area contributed by atoms with Crippen LogP contribution in [0.1, 0.15) is 30.0 Å². The van der Waals surface area contributed by atoms with Gasteiger partial charge in [0.2, 0.25) is 0 Å². The zero-order chi connectivity index (χ0) is 16.6. The summed E-state index contributed by atoms with van der Waals surface area (Å²) in [5, 5.41) is 4.00. The van der Waals surface area contributed by atoms with Crippen LogP contribution in [0.2, 0.25) is 0 Å².